The molecular weight excluding hydrogens is 316 g/mol. The molecule has 4 heteroatoms. The van der Waals surface area contributed by atoms with Crippen molar-refractivity contribution in [2.75, 3.05) is 6.61 Å². The van der Waals surface area contributed by atoms with Crippen LogP contribution < -0.4 is 0 Å². The van der Waals surface area contributed by atoms with Crippen molar-refractivity contribution >= 4 is 22.7 Å². The summed E-state index contributed by atoms with van der Waals surface area (Å²) in [6.45, 7) is 3.78. The molecule has 128 valence electrons. The standard InChI is InChI=1S/C21H20O4/c1-3-15-5-7-16(8-6-15)19(22)13-25-21(23)11-17-12-24-20-10-14(2)4-9-18(17)20/h4-10,12H,3,11,13H2,1-2H3. The van der Waals surface area contributed by atoms with E-state index in [0.717, 1.165) is 34.1 Å². The van der Waals surface area contributed by atoms with Crippen molar-refractivity contribution in [3.05, 3.63) is 71.0 Å². The second-order valence-corrected chi connectivity index (χ2v) is 6.07. The first-order valence-electron chi connectivity index (χ1n) is 8.31. The molecule has 3 aromatic rings. The van der Waals surface area contributed by atoms with Crippen LogP contribution in [0.25, 0.3) is 11.0 Å². The van der Waals surface area contributed by atoms with Crippen LogP contribution in [0.1, 0.15) is 34.0 Å². The number of rotatable bonds is 6. The first-order valence-corrected chi connectivity index (χ1v) is 8.31. The van der Waals surface area contributed by atoms with E-state index in [9.17, 15) is 9.59 Å². The Kier molecular flexibility index (Phi) is 4.98. The third-order valence-corrected chi connectivity index (χ3v) is 4.19. The van der Waals surface area contributed by atoms with Gasteiger partial charge in [-0.25, -0.2) is 0 Å². The molecule has 0 bridgehead atoms. The highest BCUT2D eigenvalue weighted by molar-refractivity contribution is 5.98. The molecule has 25 heavy (non-hydrogen) atoms. The summed E-state index contributed by atoms with van der Waals surface area (Å²) < 4.78 is 10.6. The molecule has 0 fully saturated rings. The van der Waals surface area contributed by atoms with Crippen LogP contribution in [0.5, 0.6) is 0 Å². The lowest BCUT2D eigenvalue weighted by atomic mass is 10.1. The van der Waals surface area contributed by atoms with Crippen molar-refractivity contribution in [3.63, 3.8) is 0 Å². The van der Waals surface area contributed by atoms with E-state index in [0.29, 0.717) is 5.56 Å². The van der Waals surface area contributed by atoms with Crippen molar-refractivity contribution in [2.45, 2.75) is 26.7 Å². The van der Waals surface area contributed by atoms with E-state index >= 15 is 0 Å². The molecule has 0 radical (unpaired) electrons. The maximum atomic E-state index is 12.1. The zero-order valence-corrected chi connectivity index (χ0v) is 14.4. The topological polar surface area (TPSA) is 56.5 Å². The Labute approximate surface area is 146 Å². The lowest BCUT2D eigenvalue weighted by Crippen LogP contribution is -2.15. The van der Waals surface area contributed by atoms with Crippen LogP contribution >= 0.6 is 0 Å². The van der Waals surface area contributed by atoms with Gasteiger partial charge in [-0.3, -0.25) is 9.59 Å². The molecule has 0 atom stereocenters. The van der Waals surface area contributed by atoms with Gasteiger partial charge in [0, 0.05) is 16.5 Å². The lowest BCUT2D eigenvalue weighted by molar-refractivity contribution is -0.141. The fourth-order valence-corrected chi connectivity index (χ4v) is 2.69. The zero-order chi connectivity index (χ0) is 17.8. The molecule has 0 saturated carbocycles. The maximum Gasteiger partial charge on any atom is 0.310 e. The smallest absolute Gasteiger partial charge is 0.310 e. The number of esters is 1. The summed E-state index contributed by atoms with van der Waals surface area (Å²) in [7, 11) is 0. The Morgan fingerprint density at radius 3 is 2.56 bits per heavy atom. The number of benzene rings is 2. The normalized spacial score (nSPS) is 10.8. The second-order valence-electron chi connectivity index (χ2n) is 6.07. The number of furan rings is 1. The van der Waals surface area contributed by atoms with Crippen LogP contribution in [0.4, 0.5) is 0 Å². The van der Waals surface area contributed by atoms with E-state index in [4.69, 9.17) is 9.15 Å². The molecule has 0 aliphatic carbocycles. The third-order valence-electron chi connectivity index (χ3n) is 4.19. The Hall–Kier alpha value is -2.88. The minimum absolute atomic E-state index is 0.0815. The third kappa shape index (κ3) is 3.97. The van der Waals surface area contributed by atoms with Gasteiger partial charge in [-0.15, -0.1) is 0 Å². The minimum atomic E-state index is -0.443. The number of ketones is 1. The predicted octanol–water partition coefficient (Wildman–Crippen LogP) is 4.27. The summed E-state index contributed by atoms with van der Waals surface area (Å²) >= 11 is 0. The van der Waals surface area contributed by atoms with Crippen molar-refractivity contribution in [1.82, 2.24) is 0 Å². The molecule has 0 N–H and O–H groups in total. The summed E-state index contributed by atoms with van der Waals surface area (Å²) in [6.07, 6.45) is 2.57. The largest absolute Gasteiger partial charge is 0.464 e. The van der Waals surface area contributed by atoms with Gasteiger partial charge in [0.1, 0.15) is 5.58 Å². The lowest BCUT2D eigenvalue weighted by Gasteiger charge is -2.05. The SMILES string of the molecule is CCc1ccc(C(=O)COC(=O)Cc2coc3cc(C)ccc23)cc1. The number of carbonyl (C=O) groups excluding carboxylic acids is 2. The highest BCUT2D eigenvalue weighted by atomic mass is 16.5. The monoisotopic (exact) mass is 336 g/mol. The van der Waals surface area contributed by atoms with Gasteiger partial charge in [-0.1, -0.05) is 43.3 Å². The minimum Gasteiger partial charge on any atom is -0.464 e. The highest BCUT2D eigenvalue weighted by Crippen LogP contribution is 2.23. The molecule has 1 aromatic heterocycles. The number of ether oxygens (including phenoxy) is 1. The Morgan fingerprint density at radius 2 is 1.84 bits per heavy atom. The quantitative estimate of drug-likeness (QED) is 0.498. The molecule has 3 rings (SSSR count). The van der Waals surface area contributed by atoms with Crippen LogP contribution in [0.2, 0.25) is 0 Å². The first kappa shape index (κ1) is 17.0. The summed E-state index contributed by atoms with van der Waals surface area (Å²) in [5, 5.41) is 0.893. The van der Waals surface area contributed by atoms with Gasteiger partial charge in [-0.2, -0.15) is 0 Å². The van der Waals surface area contributed by atoms with Gasteiger partial charge < -0.3 is 9.15 Å². The van der Waals surface area contributed by atoms with Crippen LogP contribution in [-0.2, 0) is 22.4 Å². The second kappa shape index (κ2) is 7.34. The van der Waals surface area contributed by atoms with Crippen molar-refractivity contribution < 1.29 is 18.7 Å². The van der Waals surface area contributed by atoms with E-state index in [2.05, 4.69) is 6.92 Å². The molecule has 1 heterocycles. The van der Waals surface area contributed by atoms with Crippen LogP contribution in [0.3, 0.4) is 0 Å². The first-order chi connectivity index (χ1) is 12.1. The fourth-order valence-electron chi connectivity index (χ4n) is 2.69. The summed E-state index contributed by atoms with van der Waals surface area (Å²) in [5.41, 5.74) is 4.31. The number of fused-ring (bicyclic) bond motifs is 1. The number of hydrogen-bond acceptors (Lipinski definition) is 4. The van der Waals surface area contributed by atoms with Crippen LogP contribution in [0.15, 0.2) is 53.1 Å². The Bertz CT molecular complexity index is 903. The maximum absolute atomic E-state index is 12.1. The zero-order valence-electron chi connectivity index (χ0n) is 14.4. The predicted molar refractivity (Wildman–Crippen MR) is 95.8 cm³/mol. The molecular formula is C21H20O4. The number of Topliss-reactive ketones (excluding diaryl/α,β-unsaturated/α-hetero) is 1. The van der Waals surface area contributed by atoms with Crippen LogP contribution in [-0.4, -0.2) is 18.4 Å². The van der Waals surface area contributed by atoms with Gasteiger partial charge in [0.25, 0.3) is 0 Å². The molecule has 4 nitrogen and oxygen atoms in total. The number of hydrogen-bond donors (Lipinski definition) is 0. The van der Waals surface area contributed by atoms with Gasteiger partial charge in [0.15, 0.2) is 12.4 Å². The molecule has 0 aliphatic rings. The van der Waals surface area contributed by atoms with E-state index in [1.165, 1.54) is 0 Å². The van der Waals surface area contributed by atoms with Gasteiger partial charge >= 0.3 is 5.97 Å². The Morgan fingerprint density at radius 1 is 1.08 bits per heavy atom. The van der Waals surface area contributed by atoms with Crippen molar-refractivity contribution in [2.24, 2.45) is 0 Å². The van der Waals surface area contributed by atoms with E-state index in [1.54, 1.807) is 18.4 Å². The van der Waals surface area contributed by atoms with E-state index < -0.39 is 5.97 Å². The Balaban J connectivity index is 1.59. The summed E-state index contributed by atoms with van der Waals surface area (Å²) in [5.74, 6) is -0.648. The molecule has 0 aliphatic heterocycles. The van der Waals surface area contributed by atoms with Crippen molar-refractivity contribution in [1.29, 1.82) is 0 Å². The van der Waals surface area contributed by atoms with Gasteiger partial charge in [-0.05, 0) is 30.5 Å². The van der Waals surface area contributed by atoms with E-state index in [1.807, 2.05) is 37.3 Å². The van der Waals surface area contributed by atoms with Gasteiger partial charge in [0.05, 0.1) is 12.7 Å². The average molecular weight is 336 g/mol. The summed E-state index contributed by atoms with van der Waals surface area (Å²) in [6, 6.07) is 13.2. The average Bonchev–Trinajstić information content (AvgIpc) is 3.01. The fraction of sp³-hybridized carbons (Fsp3) is 0.238. The summed E-state index contributed by atoms with van der Waals surface area (Å²) in [4.78, 5) is 24.1. The highest BCUT2D eigenvalue weighted by Gasteiger charge is 2.14. The molecule has 0 unspecified atom stereocenters. The number of carbonyl (C=O) groups is 2. The molecule has 0 amide bonds. The van der Waals surface area contributed by atoms with Crippen molar-refractivity contribution in [3.8, 4) is 0 Å². The molecule has 2 aromatic carbocycles. The van der Waals surface area contributed by atoms with Crippen LogP contribution in [0, 0.1) is 6.92 Å². The number of aryl methyl sites for hydroxylation is 2. The van der Waals surface area contributed by atoms with Gasteiger partial charge in [0.2, 0.25) is 0 Å². The molecule has 0 spiro atoms. The van der Waals surface area contributed by atoms with E-state index in [-0.39, 0.29) is 18.8 Å². The molecule has 0 saturated heterocycles.